The zero-order valence-electron chi connectivity index (χ0n) is 14.4. The summed E-state index contributed by atoms with van der Waals surface area (Å²) >= 11 is 0. The Morgan fingerprint density at radius 3 is 2.62 bits per heavy atom. The molecule has 5 heteroatoms. The molecule has 0 aromatic rings. The minimum Gasteiger partial charge on any atom is -0.465 e. The maximum absolute atomic E-state index is 12.3. The van der Waals surface area contributed by atoms with Crippen LogP contribution < -0.4 is 5.32 Å². The van der Waals surface area contributed by atoms with Crippen LogP contribution in [0.25, 0.3) is 0 Å². The van der Waals surface area contributed by atoms with E-state index in [1.807, 2.05) is 14.0 Å². The van der Waals surface area contributed by atoms with Crippen LogP contribution in [0.1, 0.15) is 39.0 Å². The molecule has 1 rings (SSSR count). The van der Waals surface area contributed by atoms with E-state index in [4.69, 9.17) is 4.74 Å². The second kappa shape index (κ2) is 8.71. The van der Waals surface area contributed by atoms with Gasteiger partial charge < -0.3 is 19.9 Å². The molecule has 21 heavy (non-hydrogen) atoms. The normalized spacial score (nSPS) is 26.3. The van der Waals surface area contributed by atoms with Crippen LogP contribution in [-0.2, 0) is 9.53 Å². The van der Waals surface area contributed by atoms with E-state index < -0.39 is 5.54 Å². The third kappa shape index (κ3) is 5.24. The Bertz CT molecular complexity index is 323. The smallest absolute Gasteiger partial charge is 0.326 e. The molecule has 1 fully saturated rings. The van der Waals surface area contributed by atoms with Crippen molar-refractivity contribution in [3.05, 3.63) is 0 Å². The summed E-state index contributed by atoms with van der Waals surface area (Å²) in [6.45, 7) is 4.50. The van der Waals surface area contributed by atoms with Gasteiger partial charge in [0.1, 0.15) is 5.54 Å². The Hall–Kier alpha value is -0.650. The quantitative estimate of drug-likeness (QED) is 0.685. The van der Waals surface area contributed by atoms with Gasteiger partial charge in [0.2, 0.25) is 0 Å². The van der Waals surface area contributed by atoms with Crippen LogP contribution in [0.2, 0.25) is 0 Å². The number of hydrogen-bond donors (Lipinski definition) is 1. The van der Waals surface area contributed by atoms with Crippen molar-refractivity contribution < 1.29 is 9.53 Å². The molecule has 124 valence electrons. The number of likely N-dealkylation sites (N-methyl/N-ethyl adjacent to an activating group) is 1. The average Bonchev–Trinajstić information content (AvgIpc) is 2.47. The molecule has 0 spiro atoms. The molecule has 1 aliphatic carbocycles. The monoisotopic (exact) mass is 299 g/mol. The maximum Gasteiger partial charge on any atom is 0.326 e. The lowest BCUT2D eigenvalue weighted by atomic mass is 9.78. The number of hydrogen-bond acceptors (Lipinski definition) is 5. The molecule has 0 heterocycles. The van der Waals surface area contributed by atoms with Gasteiger partial charge in [-0.25, -0.2) is 0 Å². The highest BCUT2D eigenvalue weighted by molar-refractivity contribution is 5.81. The van der Waals surface area contributed by atoms with Gasteiger partial charge in [-0.15, -0.1) is 0 Å². The van der Waals surface area contributed by atoms with Gasteiger partial charge in [0.25, 0.3) is 0 Å². The molecule has 1 aliphatic rings. The van der Waals surface area contributed by atoms with Gasteiger partial charge in [0, 0.05) is 6.04 Å². The fourth-order valence-electron chi connectivity index (χ4n) is 3.22. The predicted octanol–water partition coefficient (Wildman–Crippen LogP) is 1.33. The molecular weight excluding hydrogens is 266 g/mol. The van der Waals surface area contributed by atoms with Gasteiger partial charge in [-0.3, -0.25) is 4.79 Å². The van der Waals surface area contributed by atoms with E-state index in [0.29, 0.717) is 12.6 Å². The molecule has 2 unspecified atom stereocenters. The van der Waals surface area contributed by atoms with Crippen LogP contribution in [0, 0.1) is 0 Å². The lowest BCUT2D eigenvalue weighted by Crippen LogP contribution is -2.57. The topological polar surface area (TPSA) is 44.8 Å². The van der Waals surface area contributed by atoms with Crippen molar-refractivity contribution in [1.29, 1.82) is 0 Å². The highest BCUT2D eigenvalue weighted by Crippen LogP contribution is 2.31. The molecule has 1 N–H and O–H groups in total. The Kier molecular flexibility index (Phi) is 7.63. The van der Waals surface area contributed by atoms with Crippen LogP contribution in [0.3, 0.4) is 0 Å². The maximum atomic E-state index is 12.3. The van der Waals surface area contributed by atoms with E-state index >= 15 is 0 Å². The second-order valence-electron chi connectivity index (χ2n) is 6.44. The summed E-state index contributed by atoms with van der Waals surface area (Å²) in [4.78, 5) is 16.9. The highest BCUT2D eigenvalue weighted by Gasteiger charge is 2.43. The van der Waals surface area contributed by atoms with E-state index in [1.165, 1.54) is 6.42 Å². The van der Waals surface area contributed by atoms with E-state index in [0.717, 1.165) is 38.8 Å². The van der Waals surface area contributed by atoms with Crippen LogP contribution in [0.5, 0.6) is 0 Å². The summed E-state index contributed by atoms with van der Waals surface area (Å²) in [6.07, 6.45) is 5.13. The molecule has 5 nitrogen and oxygen atoms in total. The third-order valence-corrected chi connectivity index (χ3v) is 4.61. The van der Waals surface area contributed by atoms with Crippen LogP contribution in [0.4, 0.5) is 0 Å². The van der Waals surface area contributed by atoms with Crippen molar-refractivity contribution in [3.63, 3.8) is 0 Å². The van der Waals surface area contributed by atoms with E-state index in [-0.39, 0.29) is 5.97 Å². The van der Waals surface area contributed by atoms with Crippen molar-refractivity contribution in [2.24, 2.45) is 0 Å². The Labute approximate surface area is 130 Å². The zero-order chi connectivity index (χ0) is 15.9. The van der Waals surface area contributed by atoms with Crippen molar-refractivity contribution in [3.8, 4) is 0 Å². The molecule has 0 radical (unpaired) electrons. The van der Waals surface area contributed by atoms with Gasteiger partial charge in [0.15, 0.2) is 0 Å². The van der Waals surface area contributed by atoms with Crippen molar-refractivity contribution in [2.45, 2.75) is 50.6 Å². The number of carbonyl (C=O) groups is 1. The number of carbonyl (C=O) groups excluding carboxylic acids is 1. The molecule has 1 saturated carbocycles. The number of nitrogens with one attached hydrogen (secondary N) is 1. The summed E-state index contributed by atoms with van der Waals surface area (Å²) in [5, 5.41) is 3.25. The number of nitrogens with zero attached hydrogens (tertiary/aromatic N) is 2. The first-order chi connectivity index (χ1) is 9.95. The molecule has 0 bridgehead atoms. The van der Waals surface area contributed by atoms with Crippen LogP contribution in [0.15, 0.2) is 0 Å². The largest absolute Gasteiger partial charge is 0.465 e. The van der Waals surface area contributed by atoms with Crippen LogP contribution in [-0.4, -0.2) is 75.2 Å². The summed E-state index contributed by atoms with van der Waals surface area (Å²) in [7, 11) is 8.27. The van der Waals surface area contributed by atoms with Crippen molar-refractivity contribution in [1.82, 2.24) is 15.1 Å². The second-order valence-corrected chi connectivity index (χ2v) is 6.44. The van der Waals surface area contributed by atoms with Gasteiger partial charge in [-0.1, -0.05) is 0 Å². The molecule has 0 amide bonds. The first-order valence-corrected chi connectivity index (χ1v) is 8.16. The molecule has 0 aromatic heterocycles. The third-order valence-electron chi connectivity index (χ3n) is 4.61. The molecule has 2 atom stereocenters. The summed E-state index contributed by atoms with van der Waals surface area (Å²) in [5.74, 6) is -0.0844. The summed E-state index contributed by atoms with van der Waals surface area (Å²) in [6, 6.07) is 0.456. The average molecular weight is 299 g/mol. The first-order valence-electron chi connectivity index (χ1n) is 8.16. The lowest BCUT2D eigenvalue weighted by molar-refractivity contribution is -0.153. The van der Waals surface area contributed by atoms with E-state index in [1.54, 1.807) is 0 Å². The summed E-state index contributed by atoms with van der Waals surface area (Å²) in [5.41, 5.74) is -0.491. The standard InChI is InChI=1S/C16H33N3O2/c1-6-21-15(20)16(17-2)10-7-9-14(13-16)19(5)12-8-11-18(3)4/h14,17H,6-13H2,1-5H3. The Morgan fingerprint density at radius 2 is 2.05 bits per heavy atom. The number of ether oxygens (including phenoxy) is 1. The minimum absolute atomic E-state index is 0.0844. The lowest BCUT2D eigenvalue weighted by Gasteiger charge is -2.42. The van der Waals surface area contributed by atoms with E-state index in [9.17, 15) is 4.79 Å². The molecule has 0 aromatic carbocycles. The van der Waals surface area contributed by atoms with Crippen LogP contribution >= 0.6 is 0 Å². The van der Waals surface area contributed by atoms with Gasteiger partial charge in [0.05, 0.1) is 6.61 Å². The van der Waals surface area contributed by atoms with Gasteiger partial charge >= 0.3 is 5.97 Å². The van der Waals surface area contributed by atoms with Gasteiger partial charge in [-0.2, -0.15) is 0 Å². The van der Waals surface area contributed by atoms with Crippen molar-refractivity contribution in [2.75, 3.05) is 47.9 Å². The van der Waals surface area contributed by atoms with Gasteiger partial charge in [-0.05, 0) is 80.3 Å². The molecule has 0 aliphatic heterocycles. The highest BCUT2D eigenvalue weighted by atomic mass is 16.5. The fourth-order valence-corrected chi connectivity index (χ4v) is 3.22. The predicted molar refractivity (Wildman–Crippen MR) is 86.5 cm³/mol. The van der Waals surface area contributed by atoms with Crippen molar-refractivity contribution >= 4 is 5.97 Å². The number of rotatable bonds is 8. The fraction of sp³-hybridized carbons (Fsp3) is 0.938. The Morgan fingerprint density at radius 1 is 1.33 bits per heavy atom. The molecular formula is C16H33N3O2. The first kappa shape index (κ1) is 18.4. The zero-order valence-corrected chi connectivity index (χ0v) is 14.4. The summed E-state index contributed by atoms with van der Waals surface area (Å²) < 4.78 is 5.29. The minimum atomic E-state index is -0.491. The molecule has 0 saturated heterocycles. The SMILES string of the molecule is CCOC(=O)C1(NC)CCCC(N(C)CCCN(C)C)C1. The Balaban J connectivity index is 2.58. The van der Waals surface area contributed by atoms with E-state index in [2.05, 4.69) is 36.3 Å². The number of esters is 1.